The number of rotatable bonds is 2. The van der Waals surface area contributed by atoms with Gasteiger partial charge in [-0.05, 0) is 26.0 Å². The highest BCUT2D eigenvalue weighted by atomic mass is 35.5. The summed E-state index contributed by atoms with van der Waals surface area (Å²) in [6.07, 6.45) is 0.798. The van der Waals surface area contributed by atoms with Crippen molar-refractivity contribution in [1.82, 2.24) is 9.78 Å². The fourth-order valence-corrected chi connectivity index (χ4v) is 2.09. The second-order valence-electron chi connectivity index (χ2n) is 3.69. The third-order valence-electron chi connectivity index (χ3n) is 2.62. The van der Waals surface area contributed by atoms with Crippen LogP contribution in [0, 0.1) is 13.8 Å². The minimum atomic E-state index is 0.428. The van der Waals surface area contributed by atoms with Gasteiger partial charge in [0.2, 0.25) is 0 Å². The summed E-state index contributed by atoms with van der Waals surface area (Å²) >= 11 is 12.1. The van der Waals surface area contributed by atoms with Gasteiger partial charge in [0.25, 0.3) is 0 Å². The lowest BCUT2D eigenvalue weighted by Crippen LogP contribution is -2.00. The van der Waals surface area contributed by atoms with E-state index in [0.717, 1.165) is 12.0 Å². The van der Waals surface area contributed by atoms with Gasteiger partial charge in [-0.3, -0.25) is 4.79 Å². The summed E-state index contributed by atoms with van der Waals surface area (Å²) < 4.78 is 1.63. The van der Waals surface area contributed by atoms with Gasteiger partial charge >= 0.3 is 0 Å². The molecule has 0 aliphatic heterocycles. The van der Waals surface area contributed by atoms with Gasteiger partial charge < -0.3 is 0 Å². The standard InChI is InChI=1S/C12H10Cl2N2O/c1-7-9(6-17)8(2)16(15-7)11-5-3-4-10(13)12(11)14/h3-6H,1-2H3. The zero-order chi connectivity index (χ0) is 12.6. The van der Waals surface area contributed by atoms with Crippen molar-refractivity contribution in [1.29, 1.82) is 0 Å². The number of aryl methyl sites for hydroxylation is 1. The molecule has 1 aromatic heterocycles. The number of aldehydes is 1. The summed E-state index contributed by atoms with van der Waals surface area (Å²) in [6.45, 7) is 3.60. The maximum absolute atomic E-state index is 10.9. The number of hydrogen-bond donors (Lipinski definition) is 0. The van der Waals surface area contributed by atoms with E-state index in [-0.39, 0.29) is 0 Å². The summed E-state index contributed by atoms with van der Waals surface area (Å²) in [5.74, 6) is 0. The van der Waals surface area contributed by atoms with Crippen molar-refractivity contribution in [2.24, 2.45) is 0 Å². The number of nitrogens with zero attached hydrogens (tertiary/aromatic N) is 2. The lowest BCUT2D eigenvalue weighted by atomic mass is 10.2. The van der Waals surface area contributed by atoms with E-state index in [1.165, 1.54) is 0 Å². The second-order valence-corrected chi connectivity index (χ2v) is 4.47. The Labute approximate surface area is 109 Å². The Morgan fingerprint density at radius 1 is 1.29 bits per heavy atom. The normalized spacial score (nSPS) is 10.6. The lowest BCUT2D eigenvalue weighted by Gasteiger charge is -2.07. The molecule has 0 aliphatic carbocycles. The number of hydrogen-bond acceptors (Lipinski definition) is 2. The highest BCUT2D eigenvalue weighted by Gasteiger charge is 2.14. The van der Waals surface area contributed by atoms with Crippen molar-refractivity contribution in [2.75, 3.05) is 0 Å². The van der Waals surface area contributed by atoms with E-state index in [1.54, 1.807) is 23.7 Å². The molecule has 0 unspecified atom stereocenters. The van der Waals surface area contributed by atoms with E-state index in [4.69, 9.17) is 23.2 Å². The van der Waals surface area contributed by atoms with Crippen LogP contribution in [0.3, 0.4) is 0 Å². The van der Waals surface area contributed by atoms with Crippen LogP contribution >= 0.6 is 23.2 Å². The summed E-state index contributed by atoms with van der Waals surface area (Å²) in [5.41, 5.74) is 2.68. The molecule has 0 saturated carbocycles. The van der Waals surface area contributed by atoms with Crippen molar-refractivity contribution in [3.8, 4) is 5.69 Å². The van der Waals surface area contributed by atoms with Crippen molar-refractivity contribution in [2.45, 2.75) is 13.8 Å². The third-order valence-corrected chi connectivity index (χ3v) is 3.43. The summed E-state index contributed by atoms with van der Waals surface area (Å²) in [5, 5.41) is 5.19. The first-order chi connectivity index (χ1) is 8.06. The van der Waals surface area contributed by atoms with Crippen LogP contribution in [0.15, 0.2) is 18.2 Å². The predicted molar refractivity (Wildman–Crippen MR) is 68.4 cm³/mol. The van der Waals surface area contributed by atoms with E-state index in [9.17, 15) is 4.79 Å². The average molecular weight is 269 g/mol. The molecule has 0 N–H and O–H groups in total. The molecule has 0 spiro atoms. The van der Waals surface area contributed by atoms with Gasteiger partial charge in [0.05, 0.1) is 32.7 Å². The molecule has 0 atom stereocenters. The number of carbonyl (C=O) groups excluding carboxylic acids is 1. The van der Waals surface area contributed by atoms with Crippen LogP contribution in [-0.4, -0.2) is 16.1 Å². The molecular weight excluding hydrogens is 259 g/mol. The molecule has 88 valence electrons. The highest BCUT2D eigenvalue weighted by molar-refractivity contribution is 6.43. The Morgan fingerprint density at radius 2 is 2.00 bits per heavy atom. The molecule has 3 nitrogen and oxygen atoms in total. The average Bonchev–Trinajstić information content (AvgIpc) is 2.58. The van der Waals surface area contributed by atoms with Gasteiger partial charge in [0.1, 0.15) is 0 Å². The van der Waals surface area contributed by atoms with Crippen LogP contribution in [0.4, 0.5) is 0 Å². The Bertz CT molecular complexity index is 590. The fourth-order valence-electron chi connectivity index (χ4n) is 1.72. The molecule has 0 radical (unpaired) electrons. The van der Waals surface area contributed by atoms with Crippen LogP contribution in [0.5, 0.6) is 0 Å². The maximum atomic E-state index is 10.9. The van der Waals surface area contributed by atoms with Crippen LogP contribution < -0.4 is 0 Å². The van der Waals surface area contributed by atoms with E-state index in [1.807, 2.05) is 13.0 Å². The Balaban J connectivity index is 2.69. The van der Waals surface area contributed by atoms with Gasteiger partial charge in [-0.15, -0.1) is 0 Å². The molecule has 2 aromatic rings. The first kappa shape index (κ1) is 12.1. The smallest absolute Gasteiger partial charge is 0.153 e. The van der Waals surface area contributed by atoms with Gasteiger partial charge in [0.15, 0.2) is 6.29 Å². The molecule has 1 heterocycles. The highest BCUT2D eigenvalue weighted by Crippen LogP contribution is 2.29. The first-order valence-electron chi connectivity index (χ1n) is 5.02. The van der Waals surface area contributed by atoms with E-state index >= 15 is 0 Å². The Kier molecular flexibility index (Phi) is 3.22. The molecule has 1 aromatic carbocycles. The van der Waals surface area contributed by atoms with Crippen molar-refractivity contribution in [3.63, 3.8) is 0 Å². The molecule has 0 amide bonds. The number of aromatic nitrogens is 2. The van der Waals surface area contributed by atoms with Crippen molar-refractivity contribution in [3.05, 3.63) is 45.2 Å². The van der Waals surface area contributed by atoms with Crippen molar-refractivity contribution < 1.29 is 4.79 Å². The topological polar surface area (TPSA) is 34.9 Å². The molecule has 0 fully saturated rings. The molecular formula is C12H10Cl2N2O. The first-order valence-corrected chi connectivity index (χ1v) is 5.77. The minimum Gasteiger partial charge on any atom is -0.298 e. The zero-order valence-electron chi connectivity index (χ0n) is 9.37. The molecule has 2 rings (SSSR count). The summed E-state index contributed by atoms with van der Waals surface area (Å²) in [7, 11) is 0. The number of halogens is 2. The van der Waals surface area contributed by atoms with Crippen LogP contribution in [0.2, 0.25) is 10.0 Å². The summed E-state index contributed by atoms with van der Waals surface area (Å²) in [6, 6.07) is 5.31. The Morgan fingerprint density at radius 3 is 2.59 bits per heavy atom. The van der Waals surface area contributed by atoms with Gasteiger partial charge in [-0.1, -0.05) is 29.3 Å². The minimum absolute atomic E-state index is 0.428. The second kappa shape index (κ2) is 4.51. The molecule has 0 bridgehead atoms. The van der Waals surface area contributed by atoms with Gasteiger partial charge in [-0.25, -0.2) is 4.68 Å². The number of carbonyl (C=O) groups is 1. The third kappa shape index (κ3) is 1.96. The van der Waals surface area contributed by atoms with Crippen LogP contribution in [0.1, 0.15) is 21.7 Å². The van der Waals surface area contributed by atoms with E-state index < -0.39 is 0 Å². The Hall–Kier alpha value is -1.32. The fraction of sp³-hybridized carbons (Fsp3) is 0.167. The number of benzene rings is 1. The molecule has 0 saturated heterocycles. The molecule has 17 heavy (non-hydrogen) atoms. The lowest BCUT2D eigenvalue weighted by molar-refractivity contribution is 0.112. The maximum Gasteiger partial charge on any atom is 0.153 e. The molecule has 5 heteroatoms. The van der Waals surface area contributed by atoms with E-state index in [2.05, 4.69) is 5.10 Å². The monoisotopic (exact) mass is 268 g/mol. The quantitative estimate of drug-likeness (QED) is 0.780. The van der Waals surface area contributed by atoms with E-state index in [0.29, 0.717) is 27.0 Å². The van der Waals surface area contributed by atoms with Gasteiger partial charge in [0, 0.05) is 0 Å². The van der Waals surface area contributed by atoms with Crippen LogP contribution in [-0.2, 0) is 0 Å². The SMILES string of the molecule is Cc1nn(-c2cccc(Cl)c2Cl)c(C)c1C=O. The van der Waals surface area contributed by atoms with Crippen LogP contribution in [0.25, 0.3) is 5.69 Å². The van der Waals surface area contributed by atoms with Gasteiger partial charge in [-0.2, -0.15) is 5.10 Å². The molecule has 0 aliphatic rings. The van der Waals surface area contributed by atoms with Crippen molar-refractivity contribution >= 4 is 29.5 Å². The summed E-state index contributed by atoms with van der Waals surface area (Å²) in [4.78, 5) is 10.9. The predicted octanol–water partition coefficient (Wildman–Crippen LogP) is 3.61. The zero-order valence-corrected chi connectivity index (χ0v) is 10.9. The largest absolute Gasteiger partial charge is 0.298 e.